The second-order valence-corrected chi connectivity index (χ2v) is 3.24. The third kappa shape index (κ3) is 1.85. The molecule has 0 amide bonds. The van der Waals surface area contributed by atoms with Crippen molar-refractivity contribution in [2.45, 2.75) is 0 Å². The summed E-state index contributed by atoms with van der Waals surface area (Å²) in [6, 6.07) is 0. The van der Waals surface area contributed by atoms with E-state index in [9.17, 15) is 14.9 Å². The van der Waals surface area contributed by atoms with Gasteiger partial charge in [0.2, 0.25) is 5.82 Å². The predicted octanol–water partition coefficient (Wildman–Crippen LogP) is 0.212. The maximum atomic E-state index is 10.8. The molecule has 17 heavy (non-hydrogen) atoms. The first-order valence-electron chi connectivity index (χ1n) is 4.44. The Morgan fingerprint density at radius 1 is 1.53 bits per heavy atom. The molecule has 88 valence electrons. The standard InChI is InChI=1S/C8H7N5O4/c1-11-3-6(13(16)17)7(10-11)12-2-5(8(14)15)9-4-12/h2-4H,1H3,(H,14,15). The maximum Gasteiger partial charge on any atom is 0.356 e. The van der Waals surface area contributed by atoms with Crippen molar-refractivity contribution < 1.29 is 14.8 Å². The molecule has 1 N–H and O–H groups in total. The van der Waals surface area contributed by atoms with E-state index in [0.29, 0.717) is 0 Å². The van der Waals surface area contributed by atoms with Crippen LogP contribution in [0.1, 0.15) is 10.5 Å². The van der Waals surface area contributed by atoms with Gasteiger partial charge in [-0.2, -0.15) is 0 Å². The summed E-state index contributed by atoms with van der Waals surface area (Å²) in [6.07, 6.45) is 3.56. The van der Waals surface area contributed by atoms with Crippen LogP contribution in [0.25, 0.3) is 5.82 Å². The fourth-order valence-electron chi connectivity index (χ4n) is 1.33. The molecule has 2 aromatic rings. The number of hydrogen-bond acceptors (Lipinski definition) is 5. The molecule has 0 atom stereocenters. The van der Waals surface area contributed by atoms with Gasteiger partial charge in [0, 0.05) is 13.2 Å². The summed E-state index contributed by atoms with van der Waals surface area (Å²) in [5.74, 6) is -1.18. The molecule has 9 heteroatoms. The van der Waals surface area contributed by atoms with E-state index in [-0.39, 0.29) is 17.2 Å². The highest BCUT2D eigenvalue weighted by atomic mass is 16.6. The van der Waals surface area contributed by atoms with Gasteiger partial charge in [-0.1, -0.05) is 0 Å². The van der Waals surface area contributed by atoms with Crippen LogP contribution in [0.3, 0.4) is 0 Å². The maximum absolute atomic E-state index is 10.8. The monoisotopic (exact) mass is 237 g/mol. The van der Waals surface area contributed by atoms with Crippen LogP contribution < -0.4 is 0 Å². The molecule has 0 radical (unpaired) electrons. The van der Waals surface area contributed by atoms with Gasteiger partial charge in [0.15, 0.2) is 5.69 Å². The van der Waals surface area contributed by atoms with Crippen LogP contribution in [0.2, 0.25) is 0 Å². The Morgan fingerprint density at radius 2 is 2.24 bits per heavy atom. The highest BCUT2D eigenvalue weighted by Crippen LogP contribution is 2.20. The molecular formula is C8H7N5O4. The Kier molecular flexibility index (Phi) is 2.35. The van der Waals surface area contributed by atoms with Crippen molar-refractivity contribution in [3.8, 4) is 5.82 Å². The van der Waals surface area contributed by atoms with Crippen LogP contribution in [-0.2, 0) is 7.05 Å². The Hall–Kier alpha value is -2.71. The molecule has 0 saturated heterocycles. The average molecular weight is 237 g/mol. The Morgan fingerprint density at radius 3 is 2.76 bits per heavy atom. The van der Waals surface area contributed by atoms with Gasteiger partial charge in [0.1, 0.15) is 12.5 Å². The Balaban J connectivity index is 2.52. The molecule has 2 rings (SSSR count). The number of nitrogens with zero attached hydrogens (tertiary/aromatic N) is 5. The van der Waals surface area contributed by atoms with Crippen LogP contribution >= 0.6 is 0 Å². The van der Waals surface area contributed by atoms with E-state index in [1.165, 1.54) is 28.8 Å². The number of carboxylic acids is 1. The minimum atomic E-state index is -1.21. The van der Waals surface area contributed by atoms with E-state index in [1.807, 2.05) is 0 Å². The molecular weight excluding hydrogens is 230 g/mol. The quantitative estimate of drug-likeness (QED) is 0.602. The lowest BCUT2D eigenvalue weighted by molar-refractivity contribution is -0.384. The summed E-state index contributed by atoms with van der Waals surface area (Å²) in [5.41, 5.74) is -0.424. The lowest BCUT2D eigenvalue weighted by atomic mass is 10.5. The second kappa shape index (κ2) is 3.70. The van der Waals surface area contributed by atoms with Gasteiger partial charge in [-0.15, -0.1) is 5.10 Å². The number of aromatic nitrogens is 4. The topological polar surface area (TPSA) is 116 Å². The van der Waals surface area contributed by atoms with E-state index in [1.54, 1.807) is 0 Å². The smallest absolute Gasteiger partial charge is 0.356 e. The summed E-state index contributed by atoms with van der Waals surface area (Å²) in [4.78, 5) is 24.4. The molecule has 0 aliphatic heterocycles. The van der Waals surface area contributed by atoms with Crippen molar-refractivity contribution in [2.24, 2.45) is 7.05 Å². The lowest BCUT2D eigenvalue weighted by Gasteiger charge is -1.94. The largest absolute Gasteiger partial charge is 0.476 e. The van der Waals surface area contributed by atoms with E-state index >= 15 is 0 Å². The number of rotatable bonds is 3. The minimum absolute atomic E-state index is 0.0255. The highest BCUT2D eigenvalue weighted by Gasteiger charge is 2.21. The molecule has 0 aliphatic carbocycles. The number of aryl methyl sites for hydroxylation is 1. The number of carboxylic acid groups (broad SMARTS) is 1. The van der Waals surface area contributed by atoms with Crippen molar-refractivity contribution in [3.63, 3.8) is 0 Å². The summed E-state index contributed by atoms with van der Waals surface area (Å²) in [7, 11) is 1.53. The normalized spacial score (nSPS) is 10.4. The third-order valence-electron chi connectivity index (χ3n) is 2.03. The molecule has 0 aliphatic rings. The van der Waals surface area contributed by atoms with Crippen molar-refractivity contribution in [3.05, 3.63) is 34.5 Å². The molecule has 0 unspecified atom stereocenters. The average Bonchev–Trinajstić information content (AvgIpc) is 2.82. The first-order valence-corrected chi connectivity index (χ1v) is 4.44. The van der Waals surface area contributed by atoms with Crippen molar-refractivity contribution in [1.29, 1.82) is 0 Å². The molecule has 2 heterocycles. The molecule has 0 spiro atoms. The number of carbonyl (C=O) groups is 1. The minimum Gasteiger partial charge on any atom is -0.476 e. The van der Waals surface area contributed by atoms with Gasteiger partial charge in [-0.05, 0) is 0 Å². The molecule has 0 saturated carbocycles. The van der Waals surface area contributed by atoms with Crippen LogP contribution in [0.15, 0.2) is 18.7 Å². The van der Waals surface area contributed by atoms with Gasteiger partial charge < -0.3 is 5.11 Å². The number of hydrogen-bond donors (Lipinski definition) is 1. The fraction of sp³-hybridized carbons (Fsp3) is 0.125. The first kappa shape index (κ1) is 10.8. The zero-order valence-electron chi connectivity index (χ0n) is 8.64. The van der Waals surface area contributed by atoms with Crippen molar-refractivity contribution in [2.75, 3.05) is 0 Å². The summed E-state index contributed by atoms with van der Waals surface area (Å²) in [6.45, 7) is 0. The Bertz CT molecular complexity index is 599. The van der Waals surface area contributed by atoms with Gasteiger partial charge in [0.25, 0.3) is 0 Å². The molecule has 0 fully saturated rings. The fourth-order valence-corrected chi connectivity index (χ4v) is 1.33. The Labute approximate surface area is 94.1 Å². The summed E-state index contributed by atoms with van der Waals surface area (Å²) >= 11 is 0. The van der Waals surface area contributed by atoms with Crippen molar-refractivity contribution in [1.82, 2.24) is 19.3 Å². The summed E-state index contributed by atoms with van der Waals surface area (Å²) in [5, 5.41) is 23.3. The molecule has 9 nitrogen and oxygen atoms in total. The molecule has 2 aromatic heterocycles. The molecule has 0 aromatic carbocycles. The van der Waals surface area contributed by atoms with Gasteiger partial charge in [-0.25, -0.2) is 9.78 Å². The predicted molar refractivity (Wildman–Crippen MR) is 53.9 cm³/mol. The third-order valence-corrected chi connectivity index (χ3v) is 2.03. The highest BCUT2D eigenvalue weighted by molar-refractivity contribution is 5.85. The van der Waals surface area contributed by atoms with Crippen molar-refractivity contribution >= 4 is 11.7 Å². The molecule has 0 bridgehead atoms. The van der Waals surface area contributed by atoms with Gasteiger partial charge >= 0.3 is 11.7 Å². The van der Waals surface area contributed by atoms with Crippen LogP contribution in [-0.4, -0.2) is 35.3 Å². The zero-order chi connectivity index (χ0) is 12.6. The SMILES string of the molecule is Cn1cc([N+](=O)[O-])c(-n2cnc(C(=O)O)c2)n1. The number of imidazole rings is 1. The lowest BCUT2D eigenvalue weighted by Crippen LogP contribution is -1.98. The first-order chi connectivity index (χ1) is 7.99. The second-order valence-electron chi connectivity index (χ2n) is 3.24. The van der Waals surface area contributed by atoms with E-state index in [0.717, 1.165) is 6.20 Å². The van der Waals surface area contributed by atoms with Crippen LogP contribution in [0.5, 0.6) is 0 Å². The van der Waals surface area contributed by atoms with Gasteiger partial charge in [0.05, 0.1) is 4.92 Å². The van der Waals surface area contributed by atoms with Gasteiger partial charge in [-0.3, -0.25) is 19.4 Å². The van der Waals surface area contributed by atoms with Crippen LogP contribution in [0, 0.1) is 10.1 Å². The summed E-state index contributed by atoms with van der Waals surface area (Å²) < 4.78 is 2.47. The zero-order valence-corrected chi connectivity index (χ0v) is 8.64. The van der Waals surface area contributed by atoms with E-state index < -0.39 is 10.9 Å². The number of aromatic carboxylic acids is 1. The number of nitro groups is 1. The van der Waals surface area contributed by atoms with E-state index in [4.69, 9.17) is 5.11 Å². The van der Waals surface area contributed by atoms with Crippen LogP contribution in [0.4, 0.5) is 5.69 Å². The van der Waals surface area contributed by atoms with E-state index in [2.05, 4.69) is 10.1 Å².